The van der Waals surface area contributed by atoms with Crippen LogP contribution < -0.4 is 20.1 Å². The van der Waals surface area contributed by atoms with Gasteiger partial charge in [-0.15, -0.1) is 0 Å². The zero-order valence-electron chi connectivity index (χ0n) is 30.1. The second-order valence-corrected chi connectivity index (χ2v) is 13.9. The van der Waals surface area contributed by atoms with Gasteiger partial charge in [-0.1, -0.05) is 33.8 Å². The quantitative estimate of drug-likeness (QED) is 0.171. The molecule has 0 spiro atoms. The Morgan fingerprint density at radius 3 is 2.17 bits per heavy atom. The molecule has 0 aliphatic carbocycles. The minimum Gasteiger partial charge on any atom is -0.493 e. The molecule has 1 aromatic carbocycles. The van der Waals surface area contributed by atoms with Crippen molar-refractivity contribution in [1.29, 1.82) is 0 Å². The third kappa shape index (κ3) is 15.5. The van der Waals surface area contributed by atoms with Gasteiger partial charge in [0.1, 0.15) is 5.60 Å². The van der Waals surface area contributed by atoms with Crippen LogP contribution in [0.3, 0.4) is 0 Å². The highest BCUT2D eigenvalue weighted by molar-refractivity contribution is 5.80. The van der Waals surface area contributed by atoms with Crippen molar-refractivity contribution in [2.24, 2.45) is 23.7 Å². The molecule has 3 N–H and O–H groups in total. The summed E-state index contributed by atoms with van der Waals surface area (Å²) in [5, 5.41) is 17.4. The molecule has 11 heteroatoms. The van der Waals surface area contributed by atoms with E-state index in [1.54, 1.807) is 49.1 Å². The number of rotatable bonds is 20. The average Bonchev–Trinajstić information content (AvgIpc) is 2.95. The Morgan fingerprint density at radius 2 is 1.63 bits per heavy atom. The summed E-state index contributed by atoms with van der Waals surface area (Å²) in [7, 11) is 6.61. The summed E-state index contributed by atoms with van der Waals surface area (Å²) >= 11 is 0. The highest BCUT2D eigenvalue weighted by atomic mass is 16.6. The summed E-state index contributed by atoms with van der Waals surface area (Å²) in [4.78, 5) is 39.6. The number of hydrogen-bond acceptors (Lipinski definition) is 8. The predicted octanol–water partition coefficient (Wildman–Crippen LogP) is 4.83. The molecule has 46 heavy (non-hydrogen) atoms. The molecule has 3 amide bonds. The minimum absolute atomic E-state index is 0.0627. The summed E-state index contributed by atoms with van der Waals surface area (Å²) in [6.45, 7) is 14.7. The number of aliphatic hydroxyl groups excluding tert-OH is 1. The van der Waals surface area contributed by atoms with E-state index in [-0.39, 0.29) is 49.0 Å². The summed E-state index contributed by atoms with van der Waals surface area (Å²) < 4.78 is 22.2. The highest BCUT2D eigenvalue weighted by Crippen LogP contribution is 2.32. The first-order valence-corrected chi connectivity index (χ1v) is 16.4. The molecule has 0 saturated carbocycles. The Labute approximate surface area is 277 Å². The first-order valence-electron chi connectivity index (χ1n) is 16.4. The standard InChI is InChI=1S/C35H61N3O8/c1-23(2)26(19-25-13-14-30(44-11)31(20-25)45-18-12-17-43-10)21-28(37-34(42)46-35(5,6)7)29(39)22-27(24(3)4)33(41)36-16-15-32(40)38(8)9/h13-14,20,23-24,26-29,39H,12,15-19,21-22H2,1-11H3,(H,36,41)(H,37,42)/t26-,27-,28-,29-/m0/s1. The lowest BCUT2D eigenvalue weighted by Crippen LogP contribution is -2.49. The number of ether oxygens (including phenoxy) is 4. The Morgan fingerprint density at radius 1 is 0.957 bits per heavy atom. The van der Waals surface area contributed by atoms with E-state index in [0.29, 0.717) is 37.6 Å². The first kappa shape index (κ1) is 41.0. The molecule has 0 unspecified atom stereocenters. The van der Waals surface area contributed by atoms with Crippen molar-refractivity contribution in [3.05, 3.63) is 23.8 Å². The van der Waals surface area contributed by atoms with Gasteiger partial charge in [0.2, 0.25) is 11.8 Å². The Kier molecular flexibility index (Phi) is 18.0. The van der Waals surface area contributed by atoms with E-state index in [0.717, 1.165) is 12.0 Å². The van der Waals surface area contributed by atoms with E-state index >= 15 is 0 Å². The van der Waals surface area contributed by atoms with Crippen LogP contribution in [0.5, 0.6) is 11.5 Å². The lowest BCUT2D eigenvalue weighted by Gasteiger charge is -2.33. The van der Waals surface area contributed by atoms with Gasteiger partial charge in [-0.2, -0.15) is 0 Å². The van der Waals surface area contributed by atoms with Crippen LogP contribution in [-0.2, 0) is 25.5 Å². The van der Waals surface area contributed by atoms with E-state index in [2.05, 4.69) is 24.5 Å². The van der Waals surface area contributed by atoms with Crippen LogP contribution in [0, 0.1) is 23.7 Å². The fourth-order valence-corrected chi connectivity index (χ4v) is 5.09. The van der Waals surface area contributed by atoms with Gasteiger partial charge in [-0.3, -0.25) is 9.59 Å². The van der Waals surface area contributed by atoms with Crippen LogP contribution in [0.25, 0.3) is 0 Å². The van der Waals surface area contributed by atoms with Crippen LogP contribution in [-0.4, -0.2) is 93.7 Å². The van der Waals surface area contributed by atoms with Crippen molar-refractivity contribution in [2.45, 2.75) is 98.3 Å². The molecular formula is C35H61N3O8. The fraction of sp³-hybridized carbons (Fsp3) is 0.743. The van der Waals surface area contributed by atoms with Crippen LogP contribution in [0.15, 0.2) is 18.2 Å². The maximum absolute atomic E-state index is 13.2. The summed E-state index contributed by atoms with van der Waals surface area (Å²) in [5.74, 6) is 0.659. The van der Waals surface area contributed by atoms with Gasteiger partial charge in [0.15, 0.2) is 11.5 Å². The topological polar surface area (TPSA) is 136 Å². The maximum Gasteiger partial charge on any atom is 0.407 e. The molecule has 0 aliphatic rings. The van der Waals surface area contributed by atoms with Crippen molar-refractivity contribution in [3.63, 3.8) is 0 Å². The number of carbonyl (C=O) groups excluding carboxylic acids is 3. The molecule has 0 fully saturated rings. The van der Waals surface area contributed by atoms with Crippen molar-refractivity contribution < 1.29 is 38.4 Å². The number of benzene rings is 1. The Bertz CT molecular complexity index is 1070. The minimum atomic E-state index is -1.02. The fourth-order valence-electron chi connectivity index (χ4n) is 5.09. The third-order valence-corrected chi connectivity index (χ3v) is 7.92. The van der Waals surface area contributed by atoms with Gasteiger partial charge < -0.3 is 39.6 Å². The molecule has 0 aliphatic heterocycles. The normalized spacial score (nSPS) is 14.3. The number of methoxy groups -OCH3 is 2. The lowest BCUT2D eigenvalue weighted by atomic mass is 9.80. The molecule has 1 rings (SSSR count). The number of alkyl carbamates (subject to hydrolysis) is 1. The molecule has 0 radical (unpaired) electrons. The molecule has 1 aromatic rings. The zero-order valence-corrected chi connectivity index (χ0v) is 30.1. The number of hydrogen-bond donors (Lipinski definition) is 3. The van der Waals surface area contributed by atoms with E-state index < -0.39 is 29.8 Å². The molecule has 0 saturated heterocycles. The summed E-state index contributed by atoms with van der Waals surface area (Å²) in [5.41, 5.74) is 0.322. The number of amides is 3. The van der Waals surface area contributed by atoms with Gasteiger partial charge >= 0.3 is 6.09 Å². The van der Waals surface area contributed by atoms with Crippen molar-refractivity contribution in [2.75, 3.05) is 48.1 Å². The van der Waals surface area contributed by atoms with Crippen molar-refractivity contribution >= 4 is 17.9 Å². The van der Waals surface area contributed by atoms with E-state index in [1.807, 2.05) is 32.0 Å². The van der Waals surface area contributed by atoms with E-state index in [1.165, 1.54) is 4.90 Å². The lowest BCUT2D eigenvalue weighted by molar-refractivity contribution is -0.129. The van der Waals surface area contributed by atoms with E-state index in [4.69, 9.17) is 18.9 Å². The number of nitrogens with one attached hydrogen (secondary N) is 2. The molecule has 0 heterocycles. The van der Waals surface area contributed by atoms with Crippen LogP contribution in [0.2, 0.25) is 0 Å². The predicted molar refractivity (Wildman–Crippen MR) is 180 cm³/mol. The molecule has 4 atom stereocenters. The second kappa shape index (κ2) is 20.2. The van der Waals surface area contributed by atoms with Gasteiger partial charge in [0.05, 0.1) is 25.9 Å². The van der Waals surface area contributed by atoms with E-state index in [9.17, 15) is 19.5 Å². The zero-order chi connectivity index (χ0) is 35.0. The molecule has 0 bridgehead atoms. The third-order valence-electron chi connectivity index (χ3n) is 7.92. The second-order valence-electron chi connectivity index (χ2n) is 13.9. The average molecular weight is 652 g/mol. The van der Waals surface area contributed by atoms with Gasteiger partial charge in [-0.25, -0.2) is 4.79 Å². The highest BCUT2D eigenvalue weighted by Gasteiger charge is 2.33. The Balaban J connectivity index is 3.21. The molecule has 264 valence electrons. The molecular weight excluding hydrogens is 590 g/mol. The summed E-state index contributed by atoms with van der Waals surface area (Å²) in [6, 6.07) is 5.20. The number of aliphatic hydroxyl groups is 1. The number of nitrogens with zero attached hydrogens (tertiary/aromatic N) is 1. The van der Waals surface area contributed by atoms with Crippen LogP contribution in [0.1, 0.15) is 79.7 Å². The van der Waals surface area contributed by atoms with Gasteiger partial charge in [-0.05, 0) is 75.5 Å². The monoisotopic (exact) mass is 651 g/mol. The van der Waals surface area contributed by atoms with Gasteiger partial charge in [0.25, 0.3) is 0 Å². The van der Waals surface area contributed by atoms with Crippen LogP contribution in [0.4, 0.5) is 4.79 Å². The molecule has 11 nitrogen and oxygen atoms in total. The summed E-state index contributed by atoms with van der Waals surface area (Å²) in [6.07, 6.45) is 0.558. The smallest absolute Gasteiger partial charge is 0.407 e. The maximum atomic E-state index is 13.2. The Hall–Kier alpha value is -3.05. The van der Waals surface area contributed by atoms with Gasteiger partial charge in [0, 0.05) is 53.1 Å². The first-order chi connectivity index (χ1) is 21.5. The van der Waals surface area contributed by atoms with Crippen molar-refractivity contribution in [1.82, 2.24) is 15.5 Å². The van der Waals surface area contributed by atoms with Crippen molar-refractivity contribution in [3.8, 4) is 11.5 Å². The van der Waals surface area contributed by atoms with Crippen LogP contribution >= 0.6 is 0 Å². The number of carbonyl (C=O) groups is 3. The largest absolute Gasteiger partial charge is 0.493 e. The SMILES string of the molecule is COCCCOc1cc(C[C@@H](C[C@H](NC(=O)OC(C)(C)C)[C@@H](O)C[C@H](C(=O)NCCC(=O)N(C)C)C(C)C)C(C)C)ccc1OC. The molecule has 0 aromatic heterocycles.